The van der Waals surface area contributed by atoms with Crippen LogP contribution in [0.1, 0.15) is 64.2 Å². The van der Waals surface area contributed by atoms with Gasteiger partial charge in [-0.15, -0.1) is 0 Å². The van der Waals surface area contributed by atoms with Crippen molar-refractivity contribution in [3.8, 4) is 0 Å². The highest BCUT2D eigenvalue weighted by atomic mass is 16.6. The molecule has 0 atom stereocenters. The summed E-state index contributed by atoms with van der Waals surface area (Å²) in [6.07, 6.45) is 17.0. The van der Waals surface area contributed by atoms with Crippen molar-refractivity contribution >= 4 is 11.9 Å². The molecule has 140 valence electrons. The Hall–Kier alpha value is -1.66. The fraction of sp³-hybridized carbons (Fsp3) is 0.667. The third kappa shape index (κ3) is 22.6. The van der Waals surface area contributed by atoms with E-state index in [4.69, 9.17) is 10.2 Å². The second-order valence-electron chi connectivity index (χ2n) is 5.13. The largest absolute Gasteiger partial charge is 0.436 e. The molecule has 0 bridgehead atoms. The minimum Gasteiger partial charge on any atom is -0.436 e. The average molecular weight is 344 g/mol. The molecule has 6 nitrogen and oxygen atoms in total. The van der Waals surface area contributed by atoms with Gasteiger partial charge in [-0.2, -0.15) is 0 Å². The Morgan fingerprint density at radius 3 is 0.958 bits per heavy atom. The zero-order chi connectivity index (χ0) is 18.5. The molecule has 0 aromatic heterocycles. The molecule has 0 aromatic carbocycles. The van der Waals surface area contributed by atoms with Gasteiger partial charge in [-0.25, -0.2) is 9.59 Å². The van der Waals surface area contributed by atoms with Gasteiger partial charge in [-0.1, -0.05) is 77.4 Å². The summed E-state index contributed by atoms with van der Waals surface area (Å²) in [5.41, 5.74) is 0. The van der Waals surface area contributed by atoms with E-state index in [2.05, 4.69) is 22.6 Å². The van der Waals surface area contributed by atoms with Crippen LogP contribution >= 0.6 is 0 Å². The van der Waals surface area contributed by atoms with Crippen LogP contribution in [0.3, 0.4) is 0 Å². The van der Waals surface area contributed by atoms with Crippen LogP contribution in [-0.4, -0.2) is 35.7 Å². The zero-order valence-corrected chi connectivity index (χ0v) is 14.6. The van der Waals surface area contributed by atoms with Gasteiger partial charge in [-0.05, 0) is 0 Å². The number of hydrogen-bond donors (Lipinski definition) is 2. The van der Waals surface area contributed by atoms with Gasteiger partial charge in [0.05, 0.1) is 0 Å². The molecule has 0 aromatic rings. The van der Waals surface area contributed by atoms with Gasteiger partial charge >= 0.3 is 11.9 Å². The molecule has 0 spiro atoms. The Kier molecular flexibility index (Phi) is 21.9. The van der Waals surface area contributed by atoms with Crippen molar-refractivity contribution in [1.82, 2.24) is 0 Å². The molecule has 0 amide bonds. The summed E-state index contributed by atoms with van der Waals surface area (Å²) in [5, 5.41) is 15.8. The Bertz CT molecular complexity index is 272. The molecule has 1 fully saturated rings. The summed E-state index contributed by atoms with van der Waals surface area (Å²) in [5.74, 6) is -1.22. The minimum atomic E-state index is -0.609. The van der Waals surface area contributed by atoms with E-state index in [1.807, 2.05) is 0 Å². The summed E-state index contributed by atoms with van der Waals surface area (Å²) in [6.45, 7) is 5.03. The van der Waals surface area contributed by atoms with Crippen molar-refractivity contribution < 1.29 is 29.3 Å². The highest BCUT2D eigenvalue weighted by Crippen LogP contribution is 2.15. The second kappa shape index (κ2) is 21.3. The summed E-state index contributed by atoms with van der Waals surface area (Å²) in [7, 11) is 0. The first kappa shape index (κ1) is 24.6. The number of carbonyl (C=O) groups is 2. The summed E-state index contributed by atoms with van der Waals surface area (Å²) in [6, 6.07) is 0. The number of aliphatic hydroxyl groups excluding tert-OH is 2. The fourth-order valence-electron chi connectivity index (χ4n) is 2.01. The molecule has 1 rings (SSSR count). The van der Waals surface area contributed by atoms with E-state index in [9.17, 15) is 9.59 Å². The summed E-state index contributed by atoms with van der Waals surface area (Å²) in [4.78, 5) is 19.8. The lowest BCUT2D eigenvalue weighted by Gasteiger charge is -2.05. The molecule has 0 aliphatic heterocycles. The predicted molar refractivity (Wildman–Crippen MR) is 92.9 cm³/mol. The van der Waals surface area contributed by atoms with Crippen LogP contribution in [-0.2, 0) is 19.1 Å². The van der Waals surface area contributed by atoms with Crippen LogP contribution in [0.25, 0.3) is 0 Å². The number of esters is 2. The highest BCUT2D eigenvalue weighted by Gasteiger charge is 1.96. The van der Waals surface area contributed by atoms with E-state index in [0.29, 0.717) is 0 Å². The lowest BCUT2D eigenvalue weighted by molar-refractivity contribution is -0.146. The van der Waals surface area contributed by atoms with E-state index >= 15 is 0 Å². The maximum Gasteiger partial charge on any atom is 0.332 e. The predicted octanol–water partition coefficient (Wildman–Crippen LogP) is 3.23. The van der Waals surface area contributed by atoms with Crippen LogP contribution in [0.4, 0.5) is 0 Å². The standard InChI is InChI=1S/C10H20.2C4H6O3/c1-2-4-6-8-10-9-7-5-3-1;2*1-2-4(6)7-3-5/h1-10H2;2*2,5H,1,3H2. The van der Waals surface area contributed by atoms with Crippen LogP contribution in [0.15, 0.2) is 25.3 Å². The fourth-order valence-corrected chi connectivity index (χ4v) is 2.01. The summed E-state index contributed by atoms with van der Waals surface area (Å²) >= 11 is 0. The van der Waals surface area contributed by atoms with E-state index < -0.39 is 25.5 Å². The SMILES string of the molecule is C1CCCCCCCCC1.C=CC(=O)OCO.C=CC(=O)OCO. The highest BCUT2D eigenvalue weighted by molar-refractivity contribution is 5.81. The van der Waals surface area contributed by atoms with Crippen LogP contribution in [0.2, 0.25) is 0 Å². The van der Waals surface area contributed by atoms with Crippen molar-refractivity contribution in [2.24, 2.45) is 0 Å². The van der Waals surface area contributed by atoms with Gasteiger partial charge in [0, 0.05) is 12.2 Å². The topological polar surface area (TPSA) is 93.1 Å². The Labute approximate surface area is 145 Å². The van der Waals surface area contributed by atoms with Crippen molar-refractivity contribution in [2.45, 2.75) is 64.2 Å². The van der Waals surface area contributed by atoms with Crippen LogP contribution in [0, 0.1) is 0 Å². The molecule has 0 heterocycles. The number of aliphatic hydroxyl groups is 2. The number of carbonyl (C=O) groups excluding carboxylic acids is 2. The molecule has 2 N–H and O–H groups in total. The Morgan fingerprint density at radius 1 is 0.667 bits per heavy atom. The van der Waals surface area contributed by atoms with E-state index in [0.717, 1.165) is 12.2 Å². The number of ether oxygens (including phenoxy) is 2. The van der Waals surface area contributed by atoms with E-state index in [1.165, 1.54) is 64.2 Å². The van der Waals surface area contributed by atoms with Crippen LogP contribution < -0.4 is 0 Å². The molecular weight excluding hydrogens is 312 g/mol. The molecule has 24 heavy (non-hydrogen) atoms. The average Bonchev–Trinajstić information content (AvgIpc) is 2.61. The molecule has 1 aliphatic carbocycles. The molecule has 0 saturated heterocycles. The first-order valence-corrected chi connectivity index (χ1v) is 8.42. The quantitative estimate of drug-likeness (QED) is 0.462. The molecule has 6 heteroatoms. The van der Waals surface area contributed by atoms with Crippen LogP contribution in [0.5, 0.6) is 0 Å². The van der Waals surface area contributed by atoms with Gasteiger partial charge in [0.1, 0.15) is 0 Å². The Morgan fingerprint density at radius 2 is 0.875 bits per heavy atom. The van der Waals surface area contributed by atoms with Gasteiger partial charge in [-0.3, -0.25) is 0 Å². The first-order chi connectivity index (χ1) is 11.6. The normalized spacial score (nSPS) is 14.4. The molecule has 0 unspecified atom stereocenters. The first-order valence-electron chi connectivity index (χ1n) is 8.42. The molecule has 1 saturated carbocycles. The lowest BCUT2D eigenvalue weighted by Crippen LogP contribution is -1.99. The second-order valence-corrected chi connectivity index (χ2v) is 5.13. The van der Waals surface area contributed by atoms with E-state index in [-0.39, 0.29) is 0 Å². The van der Waals surface area contributed by atoms with E-state index in [1.54, 1.807) is 0 Å². The molecular formula is C18H32O6. The van der Waals surface area contributed by atoms with Gasteiger partial charge in [0.25, 0.3) is 0 Å². The van der Waals surface area contributed by atoms with Crippen molar-refractivity contribution in [1.29, 1.82) is 0 Å². The third-order valence-electron chi connectivity index (χ3n) is 3.25. The van der Waals surface area contributed by atoms with Gasteiger partial charge < -0.3 is 19.7 Å². The van der Waals surface area contributed by atoms with Crippen molar-refractivity contribution in [2.75, 3.05) is 13.6 Å². The molecule has 0 radical (unpaired) electrons. The smallest absolute Gasteiger partial charge is 0.332 e. The Balaban J connectivity index is 0. The zero-order valence-electron chi connectivity index (χ0n) is 14.6. The van der Waals surface area contributed by atoms with Crippen molar-refractivity contribution in [3.63, 3.8) is 0 Å². The molecule has 1 aliphatic rings. The minimum absolute atomic E-state index is 0.579. The maximum atomic E-state index is 9.91. The number of rotatable bonds is 4. The monoisotopic (exact) mass is 344 g/mol. The van der Waals surface area contributed by atoms with Gasteiger partial charge in [0.2, 0.25) is 0 Å². The van der Waals surface area contributed by atoms with Gasteiger partial charge in [0.15, 0.2) is 13.6 Å². The number of hydrogen-bond acceptors (Lipinski definition) is 6. The lowest BCUT2D eigenvalue weighted by atomic mass is 10.0. The third-order valence-corrected chi connectivity index (χ3v) is 3.25. The maximum absolute atomic E-state index is 9.91. The summed E-state index contributed by atoms with van der Waals surface area (Å²) < 4.78 is 7.98. The van der Waals surface area contributed by atoms with Crippen molar-refractivity contribution in [3.05, 3.63) is 25.3 Å².